The predicted octanol–water partition coefficient (Wildman–Crippen LogP) is 2.72. The SMILES string of the molecule is CCNC(=NCC1(C)CCCCC1O)NC1CCN(C(=O)OCC)CC1.I. The maximum atomic E-state index is 11.8. The molecule has 3 N–H and O–H groups in total. The van der Waals surface area contributed by atoms with Crippen molar-refractivity contribution in [3.63, 3.8) is 0 Å². The number of aliphatic imine (C=N–C) groups is 1. The number of aliphatic hydroxyl groups excluding tert-OH is 1. The molecular weight excluding hydrogens is 459 g/mol. The normalized spacial score (nSPS) is 26.9. The molecule has 2 atom stereocenters. The fourth-order valence-electron chi connectivity index (χ4n) is 3.76. The van der Waals surface area contributed by atoms with Crippen LogP contribution in [0.25, 0.3) is 0 Å². The molecule has 8 heteroatoms. The summed E-state index contributed by atoms with van der Waals surface area (Å²) in [4.78, 5) is 18.3. The van der Waals surface area contributed by atoms with Crippen molar-refractivity contribution in [2.75, 3.05) is 32.8 Å². The van der Waals surface area contributed by atoms with Crippen LogP contribution in [0.3, 0.4) is 0 Å². The maximum Gasteiger partial charge on any atom is 0.409 e. The third-order valence-corrected chi connectivity index (χ3v) is 5.58. The summed E-state index contributed by atoms with van der Waals surface area (Å²) in [5, 5.41) is 17.2. The first-order valence-electron chi connectivity index (χ1n) is 10.1. The Hall–Kier alpha value is -0.770. The molecule has 1 amide bonds. The summed E-state index contributed by atoms with van der Waals surface area (Å²) in [5.74, 6) is 0.807. The van der Waals surface area contributed by atoms with Crippen LogP contribution in [0.4, 0.5) is 4.79 Å². The number of rotatable bonds is 5. The van der Waals surface area contributed by atoms with Gasteiger partial charge in [-0.05, 0) is 39.5 Å². The van der Waals surface area contributed by atoms with Crippen molar-refractivity contribution in [1.82, 2.24) is 15.5 Å². The van der Waals surface area contributed by atoms with E-state index in [9.17, 15) is 9.90 Å². The summed E-state index contributed by atoms with van der Waals surface area (Å²) in [6, 6.07) is 0.294. The molecule has 1 aliphatic heterocycles. The Labute approximate surface area is 180 Å². The van der Waals surface area contributed by atoms with Crippen molar-refractivity contribution >= 4 is 36.0 Å². The molecule has 0 spiro atoms. The number of halogens is 1. The molecule has 1 aliphatic carbocycles. The Morgan fingerprint density at radius 2 is 1.96 bits per heavy atom. The van der Waals surface area contributed by atoms with Gasteiger partial charge in [0.15, 0.2) is 5.96 Å². The lowest BCUT2D eigenvalue weighted by Crippen LogP contribution is -2.50. The number of likely N-dealkylation sites (tertiary alicyclic amines) is 1. The third kappa shape index (κ3) is 7.29. The first-order chi connectivity index (χ1) is 12.5. The number of hydrogen-bond acceptors (Lipinski definition) is 4. The standard InChI is InChI=1S/C19H36N4O3.HI/c1-4-20-17(21-14-19(3)11-7-6-8-16(19)24)22-15-9-12-23(13-10-15)18(25)26-5-2;/h15-16,24H,4-14H2,1-3H3,(H2,20,21,22);1H. The lowest BCUT2D eigenvalue weighted by molar-refractivity contribution is 0.00715. The first kappa shape index (κ1) is 24.3. The highest BCUT2D eigenvalue weighted by Crippen LogP contribution is 2.36. The van der Waals surface area contributed by atoms with E-state index in [2.05, 4.69) is 24.5 Å². The number of piperidine rings is 1. The van der Waals surface area contributed by atoms with Crippen molar-refractivity contribution < 1.29 is 14.6 Å². The van der Waals surface area contributed by atoms with Crippen LogP contribution in [0.1, 0.15) is 59.3 Å². The lowest BCUT2D eigenvalue weighted by atomic mass is 9.73. The van der Waals surface area contributed by atoms with Crippen LogP contribution in [-0.2, 0) is 4.74 Å². The van der Waals surface area contributed by atoms with Gasteiger partial charge in [-0.2, -0.15) is 0 Å². The monoisotopic (exact) mass is 496 g/mol. The number of amides is 1. The molecule has 0 aromatic carbocycles. The van der Waals surface area contributed by atoms with E-state index in [4.69, 9.17) is 9.73 Å². The fraction of sp³-hybridized carbons (Fsp3) is 0.895. The molecule has 2 fully saturated rings. The van der Waals surface area contributed by atoms with Gasteiger partial charge in [-0.3, -0.25) is 4.99 Å². The van der Waals surface area contributed by atoms with Crippen LogP contribution in [0.5, 0.6) is 0 Å². The Bertz CT molecular complexity index is 484. The molecule has 0 radical (unpaired) electrons. The van der Waals surface area contributed by atoms with E-state index in [1.165, 1.54) is 6.42 Å². The van der Waals surface area contributed by atoms with Crippen LogP contribution in [0.2, 0.25) is 0 Å². The largest absolute Gasteiger partial charge is 0.450 e. The first-order valence-corrected chi connectivity index (χ1v) is 10.1. The van der Waals surface area contributed by atoms with Gasteiger partial charge in [0.05, 0.1) is 19.3 Å². The van der Waals surface area contributed by atoms with E-state index < -0.39 is 0 Å². The summed E-state index contributed by atoms with van der Waals surface area (Å²) in [6.07, 6.45) is 5.45. The van der Waals surface area contributed by atoms with E-state index in [1.807, 2.05) is 6.92 Å². The second-order valence-electron chi connectivity index (χ2n) is 7.72. The average Bonchev–Trinajstić information content (AvgIpc) is 2.63. The van der Waals surface area contributed by atoms with Crippen LogP contribution in [0, 0.1) is 5.41 Å². The molecule has 158 valence electrons. The van der Waals surface area contributed by atoms with Crippen LogP contribution >= 0.6 is 24.0 Å². The van der Waals surface area contributed by atoms with Crippen LogP contribution < -0.4 is 10.6 Å². The number of carbonyl (C=O) groups is 1. The number of aliphatic hydroxyl groups is 1. The Morgan fingerprint density at radius 3 is 2.56 bits per heavy atom. The molecule has 0 aromatic heterocycles. The van der Waals surface area contributed by atoms with Gasteiger partial charge in [0.2, 0.25) is 0 Å². The Kier molecular flexibility index (Phi) is 10.7. The van der Waals surface area contributed by atoms with Gasteiger partial charge in [-0.25, -0.2) is 4.79 Å². The lowest BCUT2D eigenvalue weighted by Gasteiger charge is -2.37. The third-order valence-electron chi connectivity index (χ3n) is 5.58. The predicted molar refractivity (Wildman–Crippen MR) is 119 cm³/mol. The molecular formula is C19H37IN4O3. The van der Waals surface area contributed by atoms with Crippen molar-refractivity contribution in [3.8, 4) is 0 Å². The van der Waals surface area contributed by atoms with Crippen molar-refractivity contribution in [1.29, 1.82) is 0 Å². The minimum atomic E-state index is -0.268. The zero-order valence-corrected chi connectivity index (χ0v) is 19.3. The molecule has 7 nitrogen and oxygen atoms in total. The molecule has 2 rings (SSSR count). The maximum absolute atomic E-state index is 11.8. The van der Waals surface area contributed by atoms with E-state index in [0.29, 0.717) is 32.3 Å². The van der Waals surface area contributed by atoms with Crippen molar-refractivity contribution in [2.45, 2.75) is 71.4 Å². The number of hydrogen-bond donors (Lipinski definition) is 3. The van der Waals surface area contributed by atoms with Gasteiger partial charge in [-0.1, -0.05) is 19.8 Å². The highest BCUT2D eigenvalue weighted by molar-refractivity contribution is 14.0. The van der Waals surface area contributed by atoms with Gasteiger partial charge in [0, 0.05) is 31.1 Å². The molecule has 2 unspecified atom stereocenters. The minimum Gasteiger partial charge on any atom is -0.450 e. The molecule has 1 saturated carbocycles. The number of carbonyl (C=O) groups excluding carboxylic acids is 1. The van der Waals surface area contributed by atoms with Crippen LogP contribution in [0.15, 0.2) is 4.99 Å². The molecule has 1 heterocycles. The molecule has 0 aromatic rings. The van der Waals surface area contributed by atoms with Gasteiger partial charge in [0.25, 0.3) is 0 Å². The van der Waals surface area contributed by atoms with Crippen molar-refractivity contribution in [3.05, 3.63) is 0 Å². The van der Waals surface area contributed by atoms with Gasteiger partial charge >= 0.3 is 6.09 Å². The van der Waals surface area contributed by atoms with E-state index in [0.717, 1.165) is 44.6 Å². The zero-order valence-electron chi connectivity index (χ0n) is 17.0. The minimum absolute atomic E-state index is 0. The smallest absolute Gasteiger partial charge is 0.409 e. The van der Waals surface area contributed by atoms with Crippen LogP contribution in [-0.4, -0.2) is 67.0 Å². The van der Waals surface area contributed by atoms with Gasteiger partial charge in [-0.15, -0.1) is 24.0 Å². The summed E-state index contributed by atoms with van der Waals surface area (Å²) in [6.45, 7) is 9.27. The summed E-state index contributed by atoms with van der Waals surface area (Å²) in [7, 11) is 0. The summed E-state index contributed by atoms with van der Waals surface area (Å²) >= 11 is 0. The fourth-order valence-corrected chi connectivity index (χ4v) is 3.76. The van der Waals surface area contributed by atoms with Gasteiger partial charge < -0.3 is 25.4 Å². The Balaban J connectivity index is 0.00000364. The van der Waals surface area contributed by atoms with E-state index >= 15 is 0 Å². The zero-order chi connectivity index (χ0) is 19.0. The second kappa shape index (κ2) is 11.9. The van der Waals surface area contributed by atoms with E-state index in [1.54, 1.807) is 4.90 Å². The number of ether oxygens (including phenoxy) is 1. The highest BCUT2D eigenvalue weighted by Gasteiger charge is 2.35. The molecule has 2 aliphatic rings. The van der Waals surface area contributed by atoms with Crippen molar-refractivity contribution in [2.24, 2.45) is 10.4 Å². The molecule has 1 saturated heterocycles. The van der Waals surface area contributed by atoms with Gasteiger partial charge in [0.1, 0.15) is 0 Å². The Morgan fingerprint density at radius 1 is 1.26 bits per heavy atom. The quantitative estimate of drug-likeness (QED) is 0.310. The summed E-state index contributed by atoms with van der Waals surface area (Å²) in [5.41, 5.74) is -0.131. The average molecular weight is 496 g/mol. The number of nitrogens with zero attached hydrogens (tertiary/aromatic N) is 2. The molecule has 27 heavy (non-hydrogen) atoms. The molecule has 0 bridgehead atoms. The highest BCUT2D eigenvalue weighted by atomic mass is 127. The summed E-state index contributed by atoms with van der Waals surface area (Å²) < 4.78 is 5.07. The number of guanidine groups is 1. The number of nitrogens with one attached hydrogen (secondary N) is 2. The van der Waals surface area contributed by atoms with E-state index in [-0.39, 0.29) is 41.6 Å². The second-order valence-corrected chi connectivity index (χ2v) is 7.72. The topological polar surface area (TPSA) is 86.2 Å².